The van der Waals surface area contributed by atoms with E-state index in [0.29, 0.717) is 11.8 Å². The van der Waals surface area contributed by atoms with Gasteiger partial charge in [0.15, 0.2) is 0 Å². The molecule has 0 radical (unpaired) electrons. The highest BCUT2D eigenvalue weighted by atomic mass is 14.3. The molecule has 0 spiro atoms. The Morgan fingerprint density at radius 1 is 0.581 bits per heavy atom. The monoisotopic (exact) mass is 410 g/mol. The fourth-order valence-electron chi connectivity index (χ4n) is 5.98. The van der Waals surface area contributed by atoms with Crippen LogP contribution >= 0.6 is 0 Å². The van der Waals surface area contributed by atoms with Crippen molar-refractivity contribution in [1.82, 2.24) is 0 Å². The van der Waals surface area contributed by atoms with Crippen molar-refractivity contribution in [2.45, 2.75) is 65.2 Å². The molecular formula is C31H38. The molecule has 31 heavy (non-hydrogen) atoms. The van der Waals surface area contributed by atoms with Crippen molar-refractivity contribution >= 4 is 0 Å². The SMILES string of the molecule is CC(C)C1c2ccccc2-c2ccccc21.CC(C)[C@@H]1CCCCC1c1ccccc1. The second kappa shape index (κ2) is 9.86. The zero-order valence-electron chi connectivity index (χ0n) is 19.7. The van der Waals surface area contributed by atoms with Crippen molar-refractivity contribution in [3.63, 3.8) is 0 Å². The van der Waals surface area contributed by atoms with Crippen LogP contribution in [0.4, 0.5) is 0 Å². The maximum Gasteiger partial charge on any atom is 0.0125 e. The first kappa shape index (κ1) is 21.9. The second-order valence-electron chi connectivity index (χ2n) is 10.1. The number of hydrogen-bond donors (Lipinski definition) is 0. The van der Waals surface area contributed by atoms with Crippen LogP contribution in [0.1, 0.15) is 81.9 Å². The number of rotatable bonds is 3. The Labute approximate surface area is 189 Å². The summed E-state index contributed by atoms with van der Waals surface area (Å²) in [4.78, 5) is 0. The van der Waals surface area contributed by atoms with Gasteiger partial charge >= 0.3 is 0 Å². The van der Waals surface area contributed by atoms with Gasteiger partial charge in [0.1, 0.15) is 0 Å². The van der Waals surface area contributed by atoms with Crippen molar-refractivity contribution in [2.24, 2.45) is 17.8 Å². The summed E-state index contributed by atoms with van der Waals surface area (Å²) in [6, 6.07) is 28.7. The molecule has 0 nitrogen and oxygen atoms in total. The molecule has 0 saturated heterocycles. The number of benzene rings is 3. The van der Waals surface area contributed by atoms with E-state index in [2.05, 4.69) is 107 Å². The fourth-order valence-corrected chi connectivity index (χ4v) is 5.98. The Morgan fingerprint density at radius 3 is 1.65 bits per heavy atom. The summed E-state index contributed by atoms with van der Waals surface area (Å²) in [7, 11) is 0. The Balaban J connectivity index is 0.000000150. The lowest BCUT2D eigenvalue weighted by Gasteiger charge is -2.34. The van der Waals surface area contributed by atoms with E-state index >= 15 is 0 Å². The molecule has 0 heterocycles. The second-order valence-corrected chi connectivity index (χ2v) is 10.1. The van der Waals surface area contributed by atoms with Crippen LogP contribution in [-0.2, 0) is 0 Å². The lowest BCUT2D eigenvalue weighted by Crippen LogP contribution is -2.22. The molecule has 3 aromatic carbocycles. The third kappa shape index (κ3) is 4.64. The maximum atomic E-state index is 2.38. The van der Waals surface area contributed by atoms with Crippen LogP contribution in [0.2, 0.25) is 0 Å². The highest BCUT2D eigenvalue weighted by Gasteiger charge is 2.30. The first-order chi connectivity index (χ1) is 15.1. The Bertz CT molecular complexity index is 921. The van der Waals surface area contributed by atoms with Crippen molar-refractivity contribution in [2.75, 3.05) is 0 Å². The van der Waals surface area contributed by atoms with Crippen LogP contribution in [0, 0.1) is 17.8 Å². The smallest absolute Gasteiger partial charge is 0.0125 e. The Kier molecular flexibility index (Phi) is 6.96. The summed E-state index contributed by atoms with van der Waals surface area (Å²) in [5, 5.41) is 0. The van der Waals surface area contributed by atoms with E-state index < -0.39 is 0 Å². The minimum Gasteiger partial charge on any atom is -0.0625 e. The van der Waals surface area contributed by atoms with Crippen LogP contribution in [-0.4, -0.2) is 0 Å². The fraction of sp³-hybridized carbons (Fsp3) is 0.419. The van der Waals surface area contributed by atoms with E-state index in [1.165, 1.54) is 47.9 Å². The van der Waals surface area contributed by atoms with Crippen LogP contribution < -0.4 is 0 Å². The summed E-state index contributed by atoms with van der Waals surface area (Å²) in [6.45, 7) is 9.38. The van der Waals surface area contributed by atoms with E-state index in [-0.39, 0.29) is 0 Å². The van der Waals surface area contributed by atoms with Gasteiger partial charge in [-0.25, -0.2) is 0 Å². The summed E-state index contributed by atoms with van der Waals surface area (Å²) >= 11 is 0. The summed E-state index contributed by atoms with van der Waals surface area (Å²) in [5.74, 6) is 3.79. The largest absolute Gasteiger partial charge is 0.0625 e. The lowest BCUT2D eigenvalue weighted by molar-refractivity contribution is 0.238. The maximum absolute atomic E-state index is 2.38. The average Bonchev–Trinajstić information content (AvgIpc) is 3.15. The lowest BCUT2D eigenvalue weighted by atomic mass is 9.71. The van der Waals surface area contributed by atoms with Crippen LogP contribution in [0.25, 0.3) is 11.1 Å². The van der Waals surface area contributed by atoms with Crippen LogP contribution in [0.15, 0.2) is 78.9 Å². The average molecular weight is 411 g/mol. The van der Waals surface area contributed by atoms with Crippen LogP contribution in [0.5, 0.6) is 0 Å². The van der Waals surface area contributed by atoms with Crippen molar-refractivity contribution in [1.29, 1.82) is 0 Å². The number of hydrogen-bond acceptors (Lipinski definition) is 0. The molecule has 1 saturated carbocycles. The van der Waals surface area contributed by atoms with Crippen molar-refractivity contribution in [3.05, 3.63) is 95.6 Å². The van der Waals surface area contributed by atoms with Crippen LogP contribution in [0.3, 0.4) is 0 Å². The molecular weight excluding hydrogens is 372 g/mol. The molecule has 0 aromatic heterocycles. The minimum absolute atomic E-state index is 0.576. The van der Waals surface area contributed by atoms with Crippen molar-refractivity contribution < 1.29 is 0 Å². The molecule has 2 aliphatic carbocycles. The molecule has 1 unspecified atom stereocenters. The van der Waals surface area contributed by atoms with E-state index in [4.69, 9.17) is 0 Å². The van der Waals surface area contributed by atoms with Gasteiger partial charge in [0.2, 0.25) is 0 Å². The zero-order chi connectivity index (χ0) is 21.8. The van der Waals surface area contributed by atoms with E-state index in [1.54, 1.807) is 5.56 Å². The minimum atomic E-state index is 0.576. The van der Waals surface area contributed by atoms with E-state index in [0.717, 1.165) is 17.8 Å². The molecule has 2 atom stereocenters. The standard InChI is InChI=1S/C16H16.C15H22/c1-11(2)16-14-9-5-3-7-12(14)13-8-4-6-10-15(13)16;1-12(2)14-10-6-7-11-15(14)13-8-4-3-5-9-13/h3-11,16H,1-2H3;3-5,8-9,12,14-15H,6-7,10-11H2,1-2H3/t;14-,15?/m.0/s1. The highest BCUT2D eigenvalue weighted by molar-refractivity contribution is 5.78. The van der Waals surface area contributed by atoms with Gasteiger partial charge in [-0.15, -0.1) is 0 Å². The third-order valence-corrected chi connectivity index (χ3v) is 7.45. The van der Waals surface area contributed by atoms with E-state index in [9.17, 15) is 0 Å². The molecule has 5 rings (SSSR count). The molecule has 0 bridgehead atoms. The normalized spacial score (nSPS) is 20.2. The summed E-state index contributed by atoms with van der Waals surface area (Å²) in [5.41, 5.74) is 7.42. The summed E-state index contributed by atoms with van der Waals surface area (Å²) in [6.07, 6.45) is 5.68. The predicted octanol–water partition coefficient (Wildman–Crippen LogP) is 9.07. The van der Waals surface area contributed by atoms with Gasteiger partial charge in [0.05, 0.1) is 0 Å². The number of fused-ring (bicyclic) bond motifs is 3. The van der Waals surface area contributed by atoms with Gasteiger partial charge in [-0.1, -0.05) is 119 Å². The van der Waals surface area contributed by atoms with Gasteiger partial charge in [-0.2, -0.15) is 0 Å². The molecule has 0 amide bonds. The quantitative estimate of drug-likeness (QED) is 0.404. The van der Waals surface area contributed by atoms with Gasteiger partial charge in [-0.05, 0) is 64.3 Å². The van der Waals surface area contributed by atoms with Gasteiger partial charge in [0.25, 0.3) is 0 Å². The van der Waals surface area contributed by atoms with Crippen molar-refractivity contribution in [3.8, 4) is 11.1 Å². The van der Waals surface area contributed by atoms with Gasteiger partial charge in [0, 0.05) is 5.92 Å². The molecule has 1 fully saturated rings. The van der Waals surface area contributed by atoms with Gasteiger partial charge < -0.3 is 0 Å². The zero-order valence-corrected chi connectivity index (χ0v) is 19.7. The first-order valence-corrected chi connectivity index (χ1v) is 12.3. The molecule has 0 aliphatic heterocycles. The topological polar surface area (TPSA) is 0 Å². The van der Waals surface area contributed by atoms with E-state index in [1.807, 2.05) is 0 Å². The molecule has 162 valence electrons. The third-order valence-electron chi connectivity index (χ3n) is 7.45. The summed E-state index contributed by atoms with van der Waals surface area (Å²) < 4.78 is 0. The molecule has 2 aliphatic rings. The Hall–Kier alpha value is -2.34. The van der Waals surface area contributed by atoms with Gasteiger partial charge in [-0.3, -0.25) is 0 Å². The molecule has 0 heteroatoms. The highest BCUT2D eigenvalue weighted by Crippen LogP contribution is 2.47. The molecule has 3 aromatic rings. The predicted molar refractivity (Wildman–Crippen MR) is 135 cm³/mol. The first-order valence-electron chi connectivity index (χ1n) is 12.3. The Morgan fingerprint density at radius 2 is 1.10 bits per heavy atom. The molecule has 0 N–H and O–H groups in total.